The fourth-order valence-corrected chi connectivity index (χ4v) is 0.923. The molecule has 0 unspecified atom stereocenters. The molecule has 1 rings (SSSR count). The average Bonchev–Trinajstić information content (AvgIpc) is 1.95. The summed E-state index contributed by atoms with van der Waals surface area (Å²) in [5, 5.41) is 11.1. The van der Waals surface area contributed by atoms with Crippen LogP contribution in [0.2, 0.25) is 0 Å². The first-order valence-corrected chi connectivity index (χ1v) is 3.58. The molecule has 0 amide bonds. The van der Waals surface area contributed by atoms with Crippen molar-refractivity contribution in [3.8, 4) is 0 Å². The molecule has 0 saturated heterocycles. The van der Waals surface area contributed by atoms with Gasteiger partial charge in [-0.2, -0.15) is 0 Å². The zero-order valence-electron chi connectivity index (χ0n) is 7.29. The van der Waals surface area contributed by atoms with Crippen LogP contribution in [-0.2, 0) is 0 Å². The Balaban J connectivity index is 3.17. The summed E-state index contributed by atoms with van der Waals surface area (Å²) in [6.07, 6.45) is 1.06. The van der Waals surface area contributed by atoms with Gasteiger partial charge in [-0.15, -0.1) is 4.74 Å². The summed E-state index contributed by atoms with van der Waals surface area (Å²) in [6.45, 7) is 7.03. The Morgan fingerprint density at radius 3 is 1.73 bits per heavy atom. The predicted octanol–water partition coefficient (Wildman–Crippen LogP) is 0.875. The van der Waals surface area contributed by atoms with Crippen molar-refractivity contribution in [2.45, 2.75) is 38.8 Å². The molecular formula is C7H13N2O2+. The van der Waals surface area contributed by atoms with Crippen molar-refractivity contribution in [2.24, 2.45) is 0 Å². The van der Waals surface area contributed by atoms with Crippen molar-refractivity contribution in [3.05, 3.63) is 10.1 Å². The van der Waals surface area contributed by atoms with Crippen molar-refractivity contribution in [2.75, 3.05) is 0 Å². The van der Waals surface area contributed by atoms with Gasteiger partial charge in [0.25, 0.3) is 5.54 Å². The van der Waals surface area contributed by atoms with Gasteiger partial charge in [-0.3, -0.25) is 0 Å². The highest BCUT2D eigenvalue weighted by Crippen LogP contribution is 2.30. The molecule has 1 aliphatic rings. The lowest BCUT2D eigenvalue weighted by Crippen LogP contribution is -2.50. The Morgan fingerprint density at radius 2 is 1.64 bits per heavy atom. The standard InChI is InChI=1S/C7H13N2O2/c1-6(2)7(3,4)9(11)5-8(6)10/h5H,1-4H3/q+1. The van der Waals surface area contributed by atoms with E-state index in [2.05, 4.69) is 0 Å². The molecule has 0 N–H and O–H groups in total. The molecule has 1 heterocycles. The zero-order chi connectivity index (χ0) is 8.86. The normalized spacial score (nSPS) is 26.9. The van der Waals surface area contributed by atoms with E-state index < -0.39 is 11.1 Å². The highest BCUT2D eigenvalue weighted by Gasteiger charge is 2.62. The van der Waals surface area contributed by atoms with Crippen molar-refractivity contribution in [3.63, 3.8) is 0 Å². The van der Waals surface area contributed by atoms with E-state index in [4.69, 9.17) is 0 Å². The zero-order valence-corrected chi connectivity index (χ0v) is 7.29. The van der Waals surface area contributed by atoms with Gasteiger partial charge in [0.2, 0.25) is 5.54 Å². The summed E-state index contributed by atoms with van der Waals surface area (Å²) in [6, 6.07) is 0. The summed E-state index contributed by atoms with van der Waals surface area (Å²) in [5.74, 6) is 0. The van der Waals surface area contributed by atoms with Crippen LogP contribution < -0.4 is 0 Å². The quantitative estimate of drug-likeness (QED) is 0.387. The average molecular weight is 157 g/mol. The van der Waals surface area contributed by atoms with Gasteiger partial charge < -0.3 is 5.21 Å². The highest BCUT2D eigenvalue weighted by atomic mass is 16.5. The van der Waals surface area contributed by atoms with E-state index in [0.717, 1.165) is 6.34 Å². The highest BCUT2D eigenvalue weighted by molar-refractivity contribution is 5.40. The van der Waals surface area contributed by atoms with Gasteiger partial charge in [-0.1, -0.05) is 0 Å². The Labute approximate surface area is 65.7 Å². The van der Waals surface area contributed by atoms with E-state index in [-0.39, 0.29) is 0 Å². The smallest absolute Gasteiger partial charge is 0.461 e. The molecule has 0 aliphatic carbocycles. The first-order chi connectivity index (χ1) is 4.80. The van der Waals surface area contributed by atoms with Gasteiger partial charge in [0.1, 0.15) is 4.76 Å². The van der Waals surface area contributed by atoms with Crippen LogP contribution in [0.15, 0.2) is 0 Å². The Bertz CT molecular complexity index is 241. The van der Waals surface area contributed by atoms with Crippen molar-refractivity contribution >= 4 is 6.34 Å². The third-order valence-corrected chi connectivity index (χ3v) is 2.81. The summed E-state index contributed by atoms with van der Waals surface area (Å²) >= 11 is 0. The molecule has 62 valence electrons. The number of hydrogen-bond acceptors (Lipinski definition) is 2. The molecule has 1 aliphatic heterocycles. The van der Waals surface area contributed by atoms with E-state index in [1.54, 1.807) is 27.7 Å². The molecule has 4 nitrogen and oxygen atoms in total. The third-order valence-electron chi connectivity index (χ3n) is 2.81. The van der Waals surface area contributed by atoms with Gasteiger partial charge in [0, 0.05) is 32.6 Å². The minimum atomic E-state index is -0.644. The summed E-state index contributed by atoms with van der Waals surface area (Å²) < 4.78 is 1.42. The number of nitrogens with zero attached hydrogens (tertiary/aromatic N) is 2. The molecule has 0 saturated carbocycles. The molecular weight excluding hydrogens is 144 g/mol. The molecule has 0 aromatic rings. The van der Waals surface area contributed by atoms with E-state index in [1.807, 2.05) is 0 Å². The van der Waals surface area contributed by atoms with Gasteiger partial charge in [0.05, 0.1) is 0 Å². The predicted molar refractivity (Wildman–Crippen MR) is 41.5 cm³/mol. The molecule has 11 heavy (non-hydrogen) atoms. The minimum Gasteiger partial charge on any atom is -0.619 e. The van der Waals surface area contributed by atoms with Crippen LogP contribution >= 0.6 is 0 Å². The van der Waals surface area contributed by atoms with E-state index in [0.29, 0.717) is 9.50 Å². The third kappa shape index (κ3) is 0.783. The van der Waals surface area contributed by atoms with Gasteiger partial charge in [-0.25, -0.2) is 0 Å². The molecule has 0 spiro atoms. The van der Waals surface area contributed by atoms with Crippen LogP contribution in [-0.4, -0.2) is 26.9 Å². The maximum Gasteiger partial charge on any atom is 0.461 e. The largest absolute Gasteiger partial charge is 0.619 e. The SMILES string of the molecule is CC1(C)[N+](=O)C=[N+]([O-])C1(C)C. The summed E-state index contributed by atoms with van der Waals surface area (Å²) in [7, 11) is 0. The summed E-state index contributed by atoms with van der Waals surface area (Å²) in [5.41, 5.74) is -1.29. The van der Waals surface area contributed by atoms with E-state index in [1.165, 1.54) is 0 Å². The van der Waals surface area contributed by atoms with Crippen LogP contribution in [0.25, 0.3) is 0 Å². The molecule has 0 atom stereocenters. The minimum absolute atomic E-state index is 0.644. The van der Waals surface area contributed by atoms with Crippen molar-refractivity contribution in [1.82, 2.24) is 0 Å². The van der Waals surface area contributed by atoms with Crippen molar-refractivity contribution in [1.29, 1.82) is 0 Å². The van der Waals surface area contributed by atoms with E-state index in [9.17, 15) is 10.1 Å². The molecule has 0 aromatic carbocycles. The Hall–Kier alpha value is -0.930. The first kappa shape index (κ1) is 8.17. The lowest BCUT2D eigenvalue weighted by Gasteiger charge is -2.22. The van der Waals surface area contributed by atoms with Gasteiger partial charge in [0.15, 0.2) is 0 Å². The Kier molecular flexibility index (Phi) is 1.34. The number of nitroso groups, excluding NO2 is 1. The van der Waals surface area contributed by atoms with E-state index >= 15 is 0 Å². The van der Waals surface area contributed by atoms with Gasteiger partial charge >= 0.3 is 6.34 Å². The van der Waals surface area contributed by atoms with Crippen LogP contribution in [0.5, 0.6) is 0 Å². The fourth-order valence-electron chi connectivity index (χ4n) is 0.923. The molecule has 4 heteroatoms. The molecule has 0 radical (unpaired) electrons. The van der Waals surface area contributed by atoms with Crippen LogP contribution in [0.1, 0.15) is 27.7 Å². The maximum absolute atomic E-state index is 11.1. The second-order valence-electron chi connectivity index (χ2n) is 3.89. The molecule has 0 aromatic heterocycles. The maximum atomic E-state index is 11.1. The second-order valence-corrected chi connectivity index (χ2v) is 3.89. The van der Waals surface area contributed by atoms with Crippen LogP contribution in [0, 0.1) is 10.1 Å². The monoisotopic (exact) mass is 157 g/mol. The first-order valence-electron chi connectivity index (χ1n) is 3.58. The van der Waals surface area contributed by atoms with Crippen molar-refractivity contribution < 1.29 is 9.50 Å². The Morgan fingerprint density at radius 1 is 1.18 bits per heavy atom. The number of rotatable bonds is 0. The number of hydrogen-bond donors (Lipinski definition) is 0. The molecule has 0 fully saturated rings. The topological polar surface area (TPSA) is 46.1 Å². The number of hydroxylamine groups is 1. The lowest BCUT2D eigenvalue weighted by atomic mass is 9.84. The second kappa shape index (κ2) is 1.81. The molecule has 0 bridgehead atoms. The van der Waals surface area contributed by atoms with Crippen LogP contribution in [0.4, 0.5) is 0 Å². The fraction of sp³-hybridized carbons (Fsp3) is 0.857. The summed E-state index contributed by atoms with van der Waals surface area (Å²) in [4.78, 5) is 11.1. The van der Waals surface area contributed by atoms with Gasteiger partial charge in [-0.05, 0) is 0 Å². The van der Waals surface area contributed by atoms with Crippen LogP contribution in [0.3, 0.4) is 0 Å². The lowest BCUT2D eigenvalue weighted by molar-refractivity contribution is -0.555.